The molecule has 0 N–H and O–H groups in total. The number of ether oxygens (including phenoxy) is 2. The van der Waals surface area contributed by atoms with Gasteiger partial charge in [0.25, 0.3) is 0 Å². The maximum Gasteiger partial charge on any atom is 0.338 e. The largest absolute Gasteiger partial charge is 0.492 e. The van der Waals surface area contributed by atoms with Crippen molar-refractivity contribution >= 4 is 33.5 Å². The molecule has 0 spiro atoms. The zero-order valence-electron chi connectivity index (χ0n) is 12.5. The van der Waals surface area contributed by atoms with E-state index in [-0.39, 0.29) is 5.97 Å². The summed E-state index contributed by atoms with van der Waals surface area (Å²) < 4.78 is 11.6. The van der Waals surface area contributed by atoms with Crippen LogP contribution in [0.1, 0.15) is 29.6 Å². The fraction of sp³-hybridized carbons (Fsp3) is 0.562. The van der Waals surface area contributed by atoms with Crippen LogP contribution in [0.15, 0.2) is 22.7 Å². The van der Waals surface area contributed by atoms with E-state index in [4.69, 9.17) is 21.1 Å². The van der Waals surface area contributed by atoms with E-state index in [0.29, 0.717) is 30.4 Å². The summed E-state index contributed by atoms with van der Waals surface area (Å²) in [5.74, 6) is 0.977. The summed E-state index contributed by atoms with van der Waals surface area (Å²) in [7, 11) is 0. The molecular weight excluding hydrogens is 370 g/mol. The van der Waals surface area contributed by atoms with E-state index >= 15 is 0 Å². The number of esters is 1. The highest BCUT2D eigenvalue weighted by Crippen LogP contribution is 2.26. The minimum absolute atomic E-state index is 0.299. The Hall–Kier alpha value is -0.780. The second-order valence-corrected chi connectivity index (χ2v) is 6.45. The zero-order valence-corrected chi connectivity index (χ0v) is 14.9. The molecule has 1 aliphatic heterocycles. The highest BCUT2D eigenvalue weighted by molar-refractivity contribution is 9.10. The van der Waals surface area contributed by atoms with E-state index in [1.165, 1.54) is 12.8 Å². The van der Waals surface area contributed by atoms with E-state index in [1.807, 2.05) is 0 Å². The van der Waals surface area contributed by atoms with E-state index < -0.39 is 0 Å². The fourth-order valence-electron chi connectivity index (χ4n) is 2.34. The van der Waals surface area contributed by atoms with Crippen molar-refractivity contribution in [2.24, 2.45) is 0 Å². The van der Waals surface area contributed by atoms with Crippen molar-refractivity contribution in [3.8, 4) is 5.75 Å². The molecule has 1 aromatic carbocycles. The van der Waals surface area contributed by atoms with Crippen molar-refractivity contribution in [3.63, 3.8) is 0 Å². The van der Waals surface area contributed by atoms with Gasteiger partial charge in [0.1, 0.15) is 12.4 Å². The van der Waals surface area contributed by atoms with E-state index in [2.05, 4.69) is 20.8 Å². The average molecular weight is 391 g/mol. The normalized spacial score (nSPS) is 15.0. The lowest BCUT2D eigenvalue weighted by Gasteiger charge is -2.14. The van der Waals surface area contributed by atoms with Gasteiger partial charge in [0, 0.05) is 12.4 Å². The number of nitrogens with zero attached hydrogens (tertiary/aromatic N) is 1. The first-order chi connectivity index (χ1) is 10.7. The number of alkyl halides is 1. The maximum atomic E-state index is 12.0. The molecule has 2 rings (SSSR count). The average Bonchev–Trinajstić information content (AvgIpc) is 3.02. The first-order valence-electron chi connectivity index (χ1n) is 7.58. The third-order valence-electron chi connectivity index (χ3n) is 3.54. The van der Waals surface area contributed by atoms with Crippen molar-refractivity contribution in [2.45, 2.75) is 19.3 Å². The van der Waals surface area contributed by atoms with Gasteiger partial charge in [-0.2, -0.15) is 0 Å². The zero-order chi connectivity index (χ0) is 15.8. The van der Waals surface area contributed by atoms with Gasteiger partial charge in [0.2, 0.25) is 0 Å². The SMILES string of the molecule is O=C(OCCN1CCCC1)c1ccc(OCCCCl)c(Br)c1. The Balaban J connectivity index is 1.80. The Labute approximate surface area is 144 Å². The summed E-state index contributed by atoms with van der Waals surface area (Å²) in [6.07, 6.45) is 3.27. The van der Waals surface area contributed by atoms with Gasteiger partial charge in [-0.25, -0.2) is 4.79 Å². The van der Waals surface area contributed by atoms with Crippen LogP contribution in [0.4, 0.5) is 0 Å². The van der Waals surface area contributed by atoms with Gasteiger partial charge in [0.15, 0.2) is 0 Å². The lowest BCUT2D eigenvalue weighted by molar-refractivity contribution is 0.0472. The molecule has 1 aliphatic rings. The fourth-order valence-corrected chi connectivity index (χ4v) is 2.94. The third kappa shape index (κ3) is 5.45. The van der Waals surface area contributed by atoms with Gasteiger partial charge in [0.05, 0.1) is 16.6 Å². The van der Waals surface area contributed by atoms with E-state index in [9.17, 15) is 4.79 Å². The second-order valence-electron chi connectivity index (χ2n) is 5.22. The molecule has 0 aliphatic carbocycles. The standard InChI is InChI=1S/C16H21BrClNO3/c17-14-12-13(4-5-15(14)21-10-3-6-18)16(20)22-11-9-19-7-1-2-8-19/h4-5,12H,1-3,6-11H2. The smallest absolute Gasteiger partial charge is 0.338 e. The predicted octanol–water partition coefficient (Wildman–Crippen LogP) is 3.71. The summed E-state index contributed by atoms with van der Waals surface area (Å²) in [5.41, 5.74) is 0.526. The second kappa shape index (κ2) is 9.38. The number of rotatable bonds is 8. The molecule has 0 atom stereocenters. The quantitative estimate of drug-likeness (QED) is 0.385. The Morgan fingerprint density at radius 2 is 2.05 bits per heavy atom. The minimum atomic E-state index is -0.299. The van der Waals surface area contributed by atoms with Crippen LogP contribution in [0.3, 0.4) is 0 Å². The number of hydrogen-bond donors (Lipinski definition) is 0. The van der Waals surface area contributed by atoms with E-state index in [0.717, 1.165) is 30.5 Å². The van der Waals surface area contributed by atoms with Crippen molar-refractivity contribution in [2.75, 3.05) is 38.7 Å². The molecule has 22 heavy (non-hydrogen) atoms. The van der Waals surface area contributed by atoms with Gasteiger partial charge in [-0.1, -0.05) is 0 Å². The maximum absolute atomic E-state index is 12.0. The molecule has 1 aromatic rings. The third-order valence-corrected chi connectivity index (χ3v) is 4.43. The number of hydrogen-bond acceptors (Lipinski definition) is 4. The number of carbonyl (C=O) groups is 1. The molecule has 0 bridgehead atoms. The Bertz CT molecular complexity index is 492. The predicted molar refractivity (Wildman–Crippen MR) is 90.9 cm³/mol. The molecule has 6 heteroatoms. The van der Waals surface area contributed by atoms with Crippen molar-refractivity contribution < 1.29 is 14.3 Å². The monoisotopic (exact) mass is 389 g/mol. The first kappa shape index (κ1) is 17.6. The molecule has 0 aromatic heterocycles. The van der Waals surface area contributed by atoms with E-state index in [1.54, 1.807) is 18.2 Å². The van der Waals surface area contributed by atoms with Crippen LogP contribution in [0.25, 0.3) is 0 Å². The van der Waals surface area contributed by atoms with Crippen molar-refractivity contribution in [3.05, 3.63) is 28.2 Å². The van der Waals surface area contributed by atoms with Gasteiger partial charge in [-0.15, -0.1) is 11.6 Å². The molecule has 0 unspecified atom stereocenters. The van der Waals surface area contributed by atoms with Crippen LogP contribution >= 0.6 is 27.5 Å². The first-order valence-corrected chi connectivity index (χ1v) is 8.91. The molecule has 0 amide bonds. The van der Waals surface area contributed by atoms with Gasteiger partial charge in [-0.05, 0) is 66.5 Å². The Morgan fingerprint density at radius 1 is 1.27 bits per heavy atom. The van der Waals surface area contributed by atoms with Crippen LogP contribution in [0, 0.1) is 0 Å². The molecular formula is C16H21BrClNO3. The molecule has 122 valence electrons. The summed E-state index contributed by atoms with van der Waals surface area (Å²) in [6.45, 7) is 4.02. The Morgan fingerprint density at radius 3 is 2.73 bits per heavy atom. The lowest BCUT2D eigenvalue weighted by atomic mass is 10.2. The van der Waals surface area contributed by atoms with Crippen molar-refractivity contribution in [1.82, 2.24) is 4.90 Å². The number of halogens is 2. The summed E-state index contributed by atoms with van der Waals surface area (Å²) >= 11 is 9.03. The molecule has 0 radical (unpaired) electrons. The van der Waals surface area contributed by atoms with Gasteiger partial charge < -0.3 is 9.47 Å². The number of likely N-dealkylation sites (tertiary alicyclic amines) is 1. The lowest BCUT2D eigenvalue weighted by Crippen LogP contribution is -2.25. The topological polar surface area (TPSA) is 38.8 Å². The van der Waals surface area contributed by atoms with Crippen LogP contribution in [-0.4, -0.2) is 49.6 Å². The molecule has 1 fully saturated rings. The number of benzene rings is 1. The molecule has 1 saturated heterocycles. The van der Waals surface area contributed by atoms with Crippen LogP contribution in [-0.2, 0) is 4.74 Å². The minimum Gasteiger partial charge on any atom is -0.492 e. The number of carbonyl (C=O) groups excluding carboxylic acids is 1. The van der Waals surface area contributed by atoms with Gasteiger partial charge in [-0.3, -0.25) is 4.90 Å². The summed E-state index contributed by atoms with van der Waals surface area (Å²) in [5, 5.41) is 0. The van der Waals surface area contributed by atoms with Crippen molar-refractivity contribution in [1.29, 1.82) is 0 Å². The molecule has 1 heterocycles. The summed E-state index contributed by atoms with van der Waals surface area (Å²) in [6, 6.07) is 5.22. The van der Waals surface area contributed by atoms with Crippen LogP contribution in [0.2, 0.25) is 0 Å². The van der Waals surface area contributed by atoms with Crippen LogP contribution < -0.4 is 4.74 Å². The highest BCUT2D eigenvalue weighted by atomic mass is 79.9. The highest BCUT2D eigenvalue weighted by Gasteiger charge is 2.14. The molecule has 0 saturated carbocycles. The van der Waals surface area contributed by atoms with Crippen LogP contribution in [0.5, 0.6) is 5.75 Å². The summed E-state index contributed by atoms with van der Waals surface area (Å²) in [4.78, 5) is 14.3. The Kier molecular flexibility index (Phi) is 7.49. The van der Waals surface area contributed by atoms with Gasteiger partial charge >= 0.3 is 5.97 Å². The molecule has 4 nitrogen and oxygen atoms in total.